The summed E-state index contributed by atoms with van der Waals surface area (Å²) >= 11 is 4.88. The highest BCUT2D eigenvalue weighted by Crippen LogP contribution is 2.35. The minimum atomic E-state index is -0.196. The Kier molecular flexibility index (Phi) is 3.59. The third-order valence-corrected chi connectivity index (χ3v) is 5.14. The van der Waals surface area contributed by atoms with Gasteiger partial charge in [-0.3, -0.25) is 9.59 Å². The fourth-order valence-corrected chi connectivity index (χ4v) is 3.60. The standard InChI is InChI=1S/C15H12BrNO3S/c1-7-3-13(21-8(7)2)15(19)9-4-12-11(5-10(9)16)17-14(18)6-20-12/h3-5H,6H2,1-2H3,(H,17,18). The van der Waals surface area contributed by atoms with Crippen LogP contribution < -0.4 is 10.1 Å². The monoisotopic (exact) mass is 365 g/mol. The largest absolute Gasteiger partial charge is 0.482 e. The molecule has 1 N–H and O–H groups in total. The summed E-state index contributed by atoms with van der Waals surface area (Å²) in [5, 5.41) is 2.72. The van der Waals surface area contributed by atoms with E-state index in [2.05, 4.69) is 21.2 Å². The van der Waals surface area contributed by atoms with E-state index in [1.807, 2.05) is 19.9 Å². The third-order valence-electron chi connectivity index (χ3n) is 3.34. The predicted octanol–water partition coefficient (Wildman–Crippen LogP) is 3.69. The first-order valence-corrected chi connectivity index (χ1v) is 7.94. The van der Waals surface area contributed by atoms with Crippen LogP contribution >= 0.6 is 27.3 Å². The second kappa shape index (κ2) is 5.27. The van der Waals surface area contributed by atoms with Crippen molar-refractivity contribution in [1.29, 1.82) is 0 Å². The van der Waals surface area contributed by atoms with Crippen molar-refractivity contribution in [2.24, 2.45) is 0 Å². The molecule has 0 saturated carbocycles. The molecule has 2 aromatic rings. The highest BCUT2D eigenvalue weighted by Gasteiger charge is 2.22. The Morgan fingerprint density at radius 1 is 1.33 bits per heavy atom. The summed E-state index contributed by atoms with van der Waals surface area (Å²) in [5.74, 6) is 0.274. The molecule has 1 aliphatic heterocycles. The molecule has 2 heterocycles. The summed E-state index contributed by atoms with van der Waals surface area (Å²) in [7, 11) is 0. The van der Waals surface area contributed by atoms with E-state index in [4.69, 9.17) is 4.74 Å². The number of amides is 1. The summed E-state index contributed by atoms with van der Waals surface area (Å²) in [4.78, 5) is 25.8. The quantitative estimate of drug-likeness (QED) is 0.825. The number of carbonyl (C=O) groups is 2. The number of rotatable bonds is 2. The van der Waals surface area contributed by atoms with Gasteiger partial charge < -0.3 is 10.1 Å². The number of ether oxygens (including phenoxy) is 1. The van der Waals surface area contributed by atoms with Crippen molar-refractivity contribution in [1.82, 2.24) is 0 Å². The van der Waals surface area contributed by atoms with Gasteiger partial charge in [-0.15, -0.1) is 11.3 Å². The Morgan fingerprint density at radius 3 is 2.76 bits per heavy atom. The van der Waals surface area contributed by atoms with Crippen molar-refractivity contribution in [3.63, 3.8) is 0 Å². The lowest BCUT2D eigenvalue weighted by atomic mass is 10.1. The van der Waals surface area contributed by atoms with E-state index >= 15 is 0 Å². The number of nitrogens with one attached hydrogen (secondary N) is 1. The Labute approximate surface area is 134 Å². The van der Waals surface area contributed by atoms with Gasteiger partial charge in [0.25, 0.3) is 5.91 Å². The first-order valence-electron chi connectivity index (χ1n) is 6.33. The van der Waals surface area contributed by atoms with Gasteiger partial charge in [-0.2, -0.15) is 0 Å². The van der Waals surface area contributed by atoms with Crippen molar-refractivity contribution in [3.8, 4) is 5.75 Å². The summed E-state index contributed by atoms with van der Waals surface area (Å²) < 4.78 is 6.00. The average molecular weight is 366 g/mol. The zero-order valence-corrected chi connectivity index (χ0v) is 13.9. The molecule has 1 amide bonds. The van der Waals surface area contributed by atoms with Crippen LogP contribution in [-0.2, 0) is 4.79 Å². The molecule has 3 rings (SSSR count). The van der Waals surface area contributed by atoms with Crippen LogP contribution in [0, 0.1) is 13.8 Å². The number of benzene rings is 1. The van der Waals surface area contributed by atoms with Crippen molar-refractivity contribution >= 4 is 44.6 Å². The number of thiophene rings is 1. The van der Waals surface area contributed by atoms with Crippen LogP contribution in [0.4, 0.5) is 5.69 Å². The van der Waals surface area contributed by atoms with Crippen LogP contribution in [0.15, 0.2) is 22.7 Å². The van der Waals surface area contributed by atoms with Crippen LogP contribution in [0.25, 0.3) is 0 Å². The van der Waals surface area contributed by atoms with Gasteiger partial charge in [0.15, 0.2) is 6.61 Å². The minimum Gasteiger partial charge on any atom is -0.482 e. The van der Waals surface area contributed by atoms with Crippen molar-refractivity contribution in [3.05, 3.63) is 43.6 Å². The second-order valence-corrected chi connectivity index (χ2v) is 6.95. The fourth-order valence-electron chi connectivity index (χ4n) is 2.09. The number of carbonyl (C=O) groups excluding carboxylic acids is 2. The maximum atomic E-state index is 12.6. The molecule has 0 radical (unpaired) electrons. The Morgan fingerprint density at radius 2 is 2.10 bits per heavy atom. The van der Waals surface area contributed by atoms with Gasteiger partial charge in [0.1, 0.15) is 5.75 Å². The molecule has 1 aromatic heterocycles. The molecule has 4 nitrogen and oxygen atoms in total. The van der Waals surface area contributed by atoms with E-state index in [1.54, 1.807) is 12.1 Å². The molecule has 0 fully saturated rings. The van der Waals surface area contributed by atoms with Gasteiger partial charge in [0, 0.05) is 14.9 Å². The Bertz CT molecular complexity index is 747. The number of ketones is 1. The third kappa shape index (κ3) is 2.61. The molecule has 0 bridgehead atoms. The zero-order valence-electron chi connectivity index (χ0n) is 11.5. The van der Waals surface area contributed by atoms with Crippen molar-refractivity contribution < 1.29 is 14.3 Å². The van der Waals surface area contributed by atoms with E-state index in [0.29, 0.717) is 26.4 Å². The number of fused-ring (bicyclic) bond motifs is 1. The minimum absolute atomic E-state index is 0.0283. The lowest BCUT2D eigenvalue weighted by molar-refractivity contribution is -0.118. The molecule has 0 saturated heterocycles. The molecule has 0 atom stereocenters. The predicted molar refractivity (Wildman–Crippen MR) is 85.5 cm³/mol. The molecule has 1 aliphatic rings. The second-order valence-electron chi connectivity index (χ2n) is 4.84. The number of halogens is 1. The maximum absolute atomic E-state index is 12.6. The van der Waals surface area contributed by atoms with Crippen molar-refractivity contribution in [2.45, 2.75) is 13.8 Å². The first kappa shape index (κ1) is 14.3. The number of aryl methyl sites for hydroxylation is 2. The molecule has 1 aromatic carbocycles. The topological polar surface area (TPSA) is 55.4 Å². The highest BCUT2D eigenvalue weighted by atomic mass is 79.9. The van der Waals surface area contributed by atoms with Gasteiger partial charge in [-0.25, -0.2) is 0 Å². The fraction of sp³-hybridized carbons (Fsp3) is 0.200. The normalized spacial score (nSPS) is 13.4. The lowest BCUT2D eigenvalue weighted by Crippen LogP contribution is -2.25. The molecule has 0 unspecified atom stereocenters. The van der Waals surface area contributed by atoms with Crippen LogP contribution in [0.1, 0.15) is 25.7 Å². The molecule has 0 spiro atoms. The highest BCUT2D eigenvalue weighted by molar-refractivity contribution is 9.10. The molecular formula is C15H12BrNO3S. The smallest absolute Gasteiger partial charge is 0.262 e. The number of hydrogen-bond acceptors (Lipinski definition) is 4. The first-order chi connectivity index (χ1) is 9.95. The zero-order chi connectivity index (χ0) is 15.1. The molecule has 0 aliphatic carbocycles. The average Bonchev–Trinajstić information content (AvgIpc) is 2.77. The molecular weight excluding hydrogens is 354 g/mol. The lowest BCUT2D eigenvalue weighted by Gasteiger charge is -2.19. The summed E-state index contributed by atoms with van der Waals surface area (Å²) in [6.07, 6.45) is 0. The van der Waals surface area contributed by atoms with Gasteiger partial charge in [0.2, 0.25) is 5.78 Å². The van der Waals surface area contributed by atoms with Gasteiger partial charge in [-0.1, -0.05) is 0 Å². The van der Waals surface area contributed by atoms with Crippen LogP contribution in [-0.4, -0.2) is 18.3 Å². The van der Waals surface area contributed by atoms with Gasteiger partial charge >= 0.3 is 0 Å². The van der Waals surface area contributed by atoms with E-state index in [-0.39, 0.29) is 18.3 Å². The number of anilines is 1. The Balaban J connectivity index is 2.02. The van der Waals surface area contributed by atoms with E-state index in [9.17, 15) is 9.59 Å². The van der Waals surface area contributed by atoms with E-state index < -0.39 is 0 Å². The molecule has 108 valence electrons. The Hall–Kier alpha value is -1.66. The van der Waals surface area contributed by atoms with Gasteiger partial charge in [-0.05, 0) is 53.5 Å². The summed E-state index contributed by atoms with van der Waals surface area (Å²) in [6.45, 7) is 3.96. The maximum Gasteiger partial charge on any atom is 0.262 e. The number of hydrogen-bond donors (Lipinski definition) is 1. The molecule has 21 heavy (non-hydrogen) atoms. The van der Waals surface area contributed by atoms with Gasteiger partial charge in [0.05, 0.1) is 10.6 Å². The summed E-state index contributed by atoms with van der Waals surface area (Å²) in [6, 6.07) is 5.27. The summed E-state index contributed by atoms with van der Waals surface area (Å²) in [5.41, 5.74) is 2.22. The van der Waals surface area contributed by atoms with Crippen LogP contribution in [0.2, 0.25) is 0 Å². The SMILES string of the molecule is Cc1cc(C(=O)c2cc3c(cc2Br)NC(=O)CO3)sc1C. The van der Waals surface area contributed by atoms with Crippen molar-refractivity contribution in [2.75, 3.05) is 11.9 Å². The molecule has 6 heteroatoms. The van der Waals surface area contributed by atoms with E-state index in [0.717, 1.165) is 10.4 Å². The van der Waals surface area contributed by atoms with Crippen LogP contribution in [0.5, 0.6) is 5.75 Å². The van der Waals surface area contributed by atoms with E-state index in [1.165, 1.54) is 11.3 Å². The van der Waals surface area contributed by atoms with Crippen LogP contribution in [0.3, 0.4) is 0 Å².